The molecule has 0 saturated heterocycles. The summed E-state index contributed by atoms with van der Waals surface area (Å²) in [6.45, 7) is 6.24. The fraction of sp³-hybridized carbons (Fsp3) is 0.615. The highest BCUT2D eigenvalue weighted by atomic mass is 32.2. The highest BCUT2D eigenvalue weighted by Crippen LogP contribution is 2.36. The lowest BCUT2D eigenvalue weighted by Crippen LogP contribution is -2.54. The normalized spacial score (nSPS) is 23.3. The van der Waals surface area contributed by atoms with Crippen molar-refractivity contribution in [1.29, 1.82) is 0 Å². The van der Waals surface area contributed by atoms with Gasteiger partial charge in [0.1, 0.15) is 6.04 Å². The SMILES string of the molecule is CCC(NC(=O)C(CS(=O)(=O)c1cccc2cccnc12)NS(C)(=O)=O)C(O)CC1CCC(C)CC1C. The van der Waals surface area contributed by atoms with Crippen molar-refractivity contribution in [3.05, 3.63) is 36.5 Å². The van der Waals surface area contributed by atoms with Crippen LogP contribution in [0.5, 0.6) is 0 Å². The topological polar surface area (TPSA) is 143 Å². The van der Waals surface area contributed by atoms with Crippen molar-refractivity contribution in [2.75, 3.05) is 12.0 Å². The van der Waals surface area contributed by atoms with Crippen LogP contribution in [0.25, 0.3) is 10.9 Å². The van der Waals surface area contributed by atoms with E-state index >= 15 is 0 Å². The summed E-state index contributed by atoms with van der Waals surface area (Å²) in [6, 6.07) is 5.89. The Morgan fingerprint density at radius 1 is 1.14 bits per heavy atom. The molecule has 37 heavy (non-hydrogen) atoms. The van der Waals surface area contributed by atoms with Crippen LogP contribution >= 0.6 is 0 Å². The smallest absolute Gasteiger partial charge is 0.239 e. The minimum Gasteiger partial charge on any atom is -0.391 e. The van der Waals surface area contributed by atoms with Crippen LogP contribution < -0.4 is 10.0 Å². The maximum absolute atomic E-state index is 13.4. The molecule has 11 heteroatoms. The molecular formula is C26H39N3O6S2. The number of pyridine rings is 1. The fourth-order valence-electron chi connectivity index (χ4n) is 5.36. The number of carbonyl (C=O) groups excluding carboxylic acids is 1. The lowest BCUT2D eigenvalue weighted by molar-refractivity contribution is -0.124. The summed E-state index contributed by atoms with van der Waals surface area (Å²) in [7, 11) is -8.03. The molecule has 1 fully saturated rings. The third-order valence-corrected chi connectivity index (χ3v) is 9.86. The molecule has 1 aliphatic carbocycles. The predicted octanol–water partition coefficient (Wildman–Crippen LogP) is 2.64. The van der Waals surface area contributed by atoms with Gasteiger partial charge in [0.2, 0.25) is 15.9 Å². The van der Waals surface area contributed by atoms with Gasteiger partial charge in [0.05, 0.1) is 34.6 Å². The van der Waals surface area contributed by atoms with E-state index in [4.69, 9.17) is 0 Å². The van der Waals surface area contributed by atoms with Crippen molar-refractivity contribution in [2.45, 2.75) is 76.0 Å². The van der Waals surface area contributed by atoms with Gasteiger partial charge < -0.3 is 10.4 Å². The molecule has 1 aliphatic rings. The first-order valence-electron chi connectivity index (χ1n) is 12.8. The fourth-order valence-corrected chi connectivity index (χ4v) is 7.78. The number of fused-ring (bicyclic) bond motifs is 1. The van der Waals surface area contributed by atoms with E-state index in [0.717, 1.165) is 25.5 Å². The van der Waals surface area contributed by atoms with Gasteiger partial charge in [-0.3, -0.25) is 9.78 Å². The largest absolute Gasteiger partial charge is 0.391 e. The molecule has 206 valence electrons. The lowest BCUT2D eigenvalue weighted by Gasteiger charge is -2.35. The standard InChI is InChI=1S/C26H39N3O6S2/c1-5-21(23(30)15-20-12-11-17(2)14-18(20)3)28-26(31)22(29-36(4,32)33)16-37(34,35)24-10-6-8-19-9-7-13-27-25(19)24/h6-10,13,17-18,20-23,29-30H,5,11-12,14-16H2,1-4H3,(H,28,31). The summed E-state index contributed by atoms with van der Waals surface area (Å²) in [5.41, 5.74) is 0.251. The zero-order valence-corrected chi connectivity index (χ0v) is 23.6. The maximum Gasteiger partial charge on any atom is 0.239 e. The van der Waals surface area contributed by atoms with Gasteiger partial charge in [-0.15, -0.1) is 0 Å². The second-order valence-electron chi connectivity index (χ2n) is 10.5. The number of rotatable bonds is 11. The van der Waals surface area contributed by atoms with Crippen LogP contribution in [0.15, 0.2) is 41.4 Å². The number of para-hydroxylation sites is 1. The second-order valence-corrected chi connectivity index (χ2v) is 14.3. The molecule has 1 amide bonds. The lowest BCUT2D eigenvalue weighted by atomic mass is 9.73. The monoisotopic (exact) mass is 553 g/mol. The zero-order valence-electron chi connectivity index (χ0n) is 21.9. The van der Waals surface area contributed by atoms with Gasteiger partial charge in [0.25, 0.3) is 0 Å². The number of aliphatic hydroxyl groups is 1. The number of hydrogen-bond donors (Lipinski definition) is 3. The molecule has 2 aromatic rings. The molecule has 0 aliphatic heterocycles. The summed E-state index contributed by atoms with van der Waals surface area (Å²) in [5, 5.41) is 14.3. The molecule has 9 nitrogen and oxygen atoms in total. The minimum absolute atomic E-state index is 0.0775. The first-order chi connectivity index (χ1) is 17.3. The van der Waals surface area contributed by atoms with Gasteiger partial charge in [-0.05, 0) is 55.6 Å². The van der Waals surface area contributed by atoms with Gasteiger partial charge in [-0.2, -0.15) is 0 Å². The minimum atomic E-state index is -4.11. The Bertz CT molecular complexity index is 1290. The third kappa shape index (κ3) is 7.95. The Labute approximate surface area is 220 Å². The molecule has 1 aromatic heterocycles. The first kappa shape index (κ1) is 29.5. The van der Waals surface area contributed by atoms with Crippen LogP contribution in [0.4, 0.5) is 0 Å². The molecule has 1 saturated carbocycles. The molecule has 0 radical (unpaired) electrons. The van der Waals surface area contributed by atoms with Gasteiger partial charge in [0, 0.05) is 11.6 Å². The van der Waals surface area contributed by atoms with Gasteiger partial charge in [0.15, 0.2) is 9.84 Å². The second kappa shape index (κ2) is 12.2. The number of sulfonamides is 1. The van der Waals surface area contributed by atoms with E-state index in [1.165, 1.54) is 12.3 Å². The van der Waals surface area contributed by atoms with Crippen LogP contribution in [0.3, 0.4) is 0 Å². The summed E-state index contributed by atoms with van der Waals surface area (Å²) in [6.07, 6.45) is 5.67. The average molecular weight is 554 g/mol. The Morgan fingerprint density at radius 3 is 2.49 bits per heavy atom. The van der Waals surface area contributed by atoms with E-state index in [2.05, 4.69) is 28.9 Å². The van der Waals surface area contributed by atoms with Crippen molar-refractivity contribution in [2.24, 2.45) is 17.8 Å². The summed E-state index contributed by atoms with van der Waals surface area (Å²) in [4.78, 5) is 17.3. The Morgan fingerprint density at radius 2 is 1.84 bits per heavy atom. The summed E-state index contributed by atoms with van der Waals surface area (Å²) in [5.74, 6) is -0.122. The molecule has 3 rings (SSSR count). The summed E-state index contributed by atoms with van der Waals surface area (Å²) >= 11 is 0. The zero-order chi connectivity index (χ0) is 27.4. The highest BCUT2D eigenvalue weighted by Gasteiger charge is 2.34. The Hall–Kier alpha value is -2.08. The maximum atomic E-state index is 13.4. The van der Waals surface area contributed by atoms with Crippen molar-refractivity contribution >= 4 is 36.7 Å². The van der Waals surface area contributed by atoms with E-state index in [1.807, 2.05) is 6.92 Å². The van der Waals surface area contributed by atoms with Crippen LogP contribution in [-0.4, -0.2) is 63.0 Å². The quantitative estimate of drug-likeness (QED) is 0.388. The van der Waals surface area contributed by atoms with Crippen molar-refractivity contribution in [1.82, 2.24) is 15.0 Å². The molecule has 1 aromatic carbocycles. The number of nitrogens with zero attached hydrogens (tertiary/aromatic N) is 1. The third-order valence-electron chi connectivity index (χ3n) is 7.37. The van der Waals surface area contributed by atoms with E-state index in [1.54, 1.807) is 24.3 Å². The molecule has 0 spiro atoms. The van der Waals surface area contributed by atoms with Gasteiger partial charge in [-0.25, -0.2) is 21.6 Å². The van der Waals surface area contributed by atoms with Crippen molar-refractivity contribution in [3.8, 4) is 0 Å². The number of carbonyl (C=O) groups is 1. The number of aliphatic hydroxyl groups excluding tert-OH is 1. The first-order valence-corrected chi connectivity index (χ1v) is 16.4. The summed E-state index contributed by atoms with van der Waals surface area (Å²) < 4.78 is 53.0. The predicted molar refractivity (Wildman–Crippen MR) is 144 cm³/mol. The van der Waals surface area contributed by atoms with Crippen LogP contribution in [-0.2, 0) is 24.7 Å². The van der Waals surface area contributed by atoms with Crippen molar-refractivity contribution in [3.63, 3.8) is 0 Å². The van der Waals surface area contributed by atoms with E-state index < -0.39 is 49.7 Å². The Kier molecular flexibility index (Phi) is 9.71. The molecular weight excluding hydrogens is 514 g/mol. The van der Waals surface area contributed by atoms with E-state index in [0.29, 0.717) is 36.0 Å². The van der Waals surface area contributed by atoms with E-state index in [9.17, 15) is 26.7 Å². The molecule has 6 unspecified atom stereocenters. The average Bonchev–Trinajstić information content (AvgIpc) is 2.82. The van der Waals surface area contributed by atoms with Crippen LogP contribution in [0.2, 0.25) is 0 Å². The number of nitrogens with one attached hydrogen (secondary N) is 2. The van der Waals surface area contributed by atoms with Crippen LogP contribution in [0.1, 0.15) is 52.9 Å². The molecule has 0 bridgehead atoms. The number of benzene rings is 1. The number of aromatic nitrogens is 1. The van der Waals surface area contributed by atoms with Gasteiger partial charge >= 0.3 is 0 Å². The molecule has 1 heterocycles. The van der Waals surface area contributed by atoms with Crippen molar-refractivity contribution < 1.29 is 26.7 Å². The number of amides is 1. The van der Waals surface area contributed by atoms with E-state index in [-0.39, 0.29) is 10.4 Å². The molecule has 6 atom stereocenters. The molecule has 3 N–H and O–H groups in total. The highest BCUT2D eigenvalue weighted by molar-refractivity contribution is 7.92. The number of hydrogen-bond acceptors (Lipinski definition) is 7. The number of sulfone groups is 1. The Balaban J connectivity index is 1.79. The van der Waals surface area contributed by atoms with Gasteiger partial charge in [-0.1, -0.05) is 45.4 Å². The van der Waals surface area contributed by atoms with Crippen LogP contribution in [0, 0.1) is 17.8 Å².